The van der Waals surface area contributed by atoms with Crippen LogP contribution in [0.5, 0.6) is 0 Å². The van der Waals surface area contributed by atoms with Gasteiger partial charge in [0.1, 0.15) is 5.82 Å². The Morgan fingerprint density at radius 1 is 1.23 bits per heavy atom. The largest absolute Gasteiger partial charge is 0.369 e. The lowest BCUT2D eigenvalue weighted by atomic mass is 9.86. The highest BCUT2D eigenvalue weighted by Gasteiger charge is 2.32. The molecule has 1 aromatic rings. The molecule has 0 aromatic heterocycles. The Morgan fingerprint density at radius 2 is 1.77 bits per heavy atom. The number of nitrogens with zero attached hydrogens (tertiary/aromatic N) is 1. The third kappa shape index (κ3) is 3.84. The van der Waals surface area contributed by atoms with E-state index in [-0.39, 0.29) is 11.7 Å². The number of benzene rings is 1. The fourth-order valence-electron chi connectivity index (χ4n) is 2.64. The van der Waals surface area contributed by atoms with Gasteiger partial charge in [-0.15, -0.1) is 0 Å². The summed E-state index contributed by atoms with van der Waals surface area (Å²) in [5, 5.41) is 0. The van der Waals surface area contributed by atoms with Crippen LogP contribution in [0.25, 0.3) is 0 Å². The molecule has 0 atom stereocenters. The topological polar surface area (TPSA) is 63.4 Å². The Morgan fingerprint density at radius 3 is 2.27 bits per heavy atom. The maximum Gasteiger partial charge on any atom is 0.227 e. The quantitative estimate of drug-likeness (QED) is 0.927. The minimum Gasteiger partial charge on any atom is -0.369 e. The van der Waals surface area contributed by atoms with E-state index in [9.17, 15) is 14.0 Å². The summed E-state index contributed by atoms with van der Waals surface area (Å²) in [6.45, 7) is 4.54. The van der Waals surface area contributed by atoms with Gasteiger partial charge in [0.15, 0.2) is 0 Å². The van der Waals surface area contributed by atoms with Crippen LogP contribution in [-0.2, 0) is 9.59 Å². The lowest BCUT2D eigenvalue weighted by Gasteiger charge is -2.33. The van der Waals surface area contributed by atoms with Crippen LogP contribution in [0.3, 0.4) is 0 Å². The number of likely N-dealkylation sites (tertiary alicyclic amines) is 1. The van der Waals surface area contributed by atoms with Crippen molar-refractivity contribution in [2.45, 2.75) is 32.6 Å². The average Bonchev–Trinajstić information content (AvgIpc) is 2.47. The summed E-state index contributed by atoms with van der Waals surface area (Å²) in [6, 6.07) is 6.55. The van der Waals surface area contributed by atoms with Gasteiger partial charge in [-0.3, -0.25) is 9.59 Å². The van der Waals surface area contributed by atoms with E-state index in [2.05, 4.69) is 0 Å². The van der Waals surface area contributed by atoms with Crippen molar-refractivity contribution in [3.05, 3.63) is 42.1 Å². The summed E-state index contributed by atoms with van der Waals surface area (Å²) in [5.74, 6) is -0.558. The Hall–Kier alpha value is -1.91. The van der Waals surface area contributed by atoms with Crippen molar-refractivity contribution in [2.75, 3.05) is 13.1 Å². The zero-order valence-electron chi connectivity index (χ0n) is 13.0. The van der Waals surface area contributed by atoms with E-state index >= 15 is 0 Å². The van der Waals surface area contributed by atoms with Crippen molar-refractivity contribution in [3.8, 4) is 0 Å². The van der Waals surface area contributed by atoms with Gasteiger partial charge in [-0.2, -0.15) is 0 Å². The molecule has 0 bridgehead atoms. The first-order valence-corrected chi connectivity index (χ1v) is 7.50. The summed E-state index contributed by atoms with van der Waals surface area (Å²) in [5.41, 5.74) is 5.45. The van der Waals surface area contributed by atoms with Crippen LogP contribution in [0, 0.1) is 17.7 Å². The summed E-state index contributed by atoms with van der Waals surface area (Å²) in [6.07, 6.45) is 3.07. The molecule has 2 amide bonds. The molecule has 1 aromatic carbocycles. The van der Waals surface area contributed by atoms with Crippen molar-refractivity contribution in [3.63, 3.8) is 0 Å². The van der Waals surface area contributed by atoms with Crippen LogP contribution in [-0.4, -0.2) is 29.8 Å². The second-order valence-corrected chi connectivity index (χ2v) is 6.38. The van der Waals surface area contributed by atoms with Gasteiger partial charge in [0.05, 0.1) is 11.8 Å². The highest BCUT2D eigenvalue weighted by Crippen LogP contribution is 2.29. The van der Waals surface area contributed by atoms with E-state index in [4.69, 9.17) is 5.73 Å². The van der Waals surface area contributed by atoms with Crippen LogP contribution in [0.2, 0.25) is 0 Å². The molecule has 0 aliphatic carbocycles. The number of carbonyl (C=O) groups is 2. The van der Waals surface area contributed by atoms with Crippen LogP contribution in [0.1, 0.15) is 38.2 Å². The SMILES string of the molecule is CC(C)([CH]C(=O)N1CCC(c2ccc(F)cc2)CC1)C(N)=O. The number of piperidine rings is 1. The molecule has 22 heavy (non-hydrogen) atoms. The van der Waals surface area contributed by atoms with Gasteiger partial charge in [0, 0.05) is 13.1 Å². The molecule has 0 unspecified atom stereocenters. The van der Waals surface area contributed by atoms with E-state index in [1.807, 2.05) is 0 Å². The standard InChI is InChI=1S/C17H22FN2O2/c1-17(2,16(19)22)11-15(21)20-9-7-13(8-10-20)12-3-5-14(18)6-4-12/h3-6,11,13H,7-10H2,1-2H3,(H2,19,22). The monoisotopic (exact) mass is 305 g/mol. The van der Waals surface area contributed by atoms with E-state index < -0.39 is 11.3 Å². The maximum absolute atomic E-state index is 12.9. The molecule has 119 valence electrons. The molecule has 1 aliphatic rings. The van der Waals surface area contributed by atoms with Crippen molar-refractivity contribution >= 4 is 11.8 Å². The number of carbonyl (C=O) groups excluding carboxylic acids is 2. The zero-order valence-corrected chi connectivity index (χ0v) is 13.0. The fourth-order valence-corrected chi connectivity index (χ4v) is 2.64. The average molecular weight is 305 g/mol. The first-order valence-electron chi connectivity index (χ1n) is 7.50. The first kappa shape index (κ1) is 16.5. The molecule has 2 N–H and O–H groups in total. The summed E-state index contributed by atoms with van der Waals surface area (Å²) in [4.78, 5) is 25.3. The van der Waals surface area contributed by atoms with E-state index in [0.29, 0.717) is 19.0 Å². The van der Waals surface area contributed by atoms with Gasteiger partial charge in [0.25, 0.3) is 0 Å². The molecule has 0 spiro atoms. The Bertz CT molecular complexity index is 546. The van der Waals surface area contributed by atoms with Gasteiger partial charge in [0.2, 0.25) is 11.8 Å². The minimum atomic E-state index is -0.940. The molecule has 1 aliphatic heterocycles. The molecule has 1 saturated heterocycles. The van der Waals surface area contributed by atoms with Crippen molar-refractivity contribution in [1.82, 2.24) is 4.90 Å². The Balaban J connectivity index is 1.90. The van der Waals surface area contributed by atoms with Crippen LogP contribution >= 0.6 is 0 Å². The highest BCUT2D eigenvalue weighted by atomic mass is 19.1. The smallest absolute Gasteiger partial charge is 0.227 e. The van der Waals surface area contributed by atoms with Gasteiger partial charge in [-0.25, -0.2) is 4.39 Å². The molecule has 1 heterocycles. The predicted molar refractivity (Wildman–Crippen MR) is 82.2 cm³/mol. The lowest BCUT2D eigenvalue weighted by Crippen LogP contribution is -2.43. The number of halogens is 1. The lowest BCUT2D eigenvalue weighted by molar-refractivity contribution is -0.133. The highest BCUT2D eigenvalue weighted by molar-refractivity contribution is 5.94. The molecular formula is C17H22FN2O2. The van der Waals surface area contributed by atoms with E-state index in [1.165, 1.54) is 18.6 Å². The van der Waals surface area contributed by atoms with Gasteiger partial charge in [-0.1, -0.05) is 26.0 Å². The predicted octanol–water partition coefficient (Wildman–Crippen LogP) is 2.25. The Labute approximate surface area is 130 Å². The summed E-state index contributed by atoms with van der Waals surface area (Å²) >= 11 is 0. The Kier molecular flexibility index (Phi) is 4.84. The third-order valence-electron chi connectivity index (χ3n) is 4.27. The molecular weight excluding hydrogens is 283 g/mol. The van der Waals surface area contributed by atoms with Crippen molar-refractivity contribution in [2.24, 2.45) is 11.1 Å². The summed E-state index contributed by atoms with van der Waals surface area (Å²) < 4.78 is 12.9. The summed E-state index contributed by atoms with van der Waals surface area (Å²) in [7, 11) is 0. The van der Waals surface area contributed by atoms with E-state index in [0.717, 1.165) is 18.4 Å². The number of hydrogen-bond donors (Lipinski definition) is 1. The first-order chi connectivity index (χ1) is 10.3. The molecule has 4 nitrogen and oxygen atoms in total. The van der Waals surface area contributed by atoms with Gasteiger partial charge in [-0.05, 0) is 36.5 Å². The number of hydrogen-bond acceptors (Lipinski definition) is 2. The number of primary amides is 1. The molecule has 5 heteroatoms. The maximum atomic E-state index is 12.9. The molecule has 1 fully saturated rings. The molecule has 0 saturated carbocycles. The fraction of sp³-hybridized carbons (Fsp3) is 0.471. The van der Waals surface area contributed by atoms with E-state index in [1.54, 1.807) is 30.9 Å². The second kappa shape index (κ2) is 6.46. The minimum absolute atomic E-state index is 0.152. The number of nitrogens with two attached hydrogens (primary N) is 1. The van der Waals surface area contributed by atoms with Gasteiger partial charge < -0.3 is 10.6 Å². The van der Waals surface area contributed by atoms with Crippen molar-refractivity contribution < 1.29 is 14.0 Å². The number of rotatable bonds is 4. The molecule has 1 radical (unpaired) electrons. The van der Waals surface area contributed by atoms with Crippen LogP contribution < -0.4 is 5.73 Å². The molecule has 2 rings (SSSR count). The van der Waals surface area contributed by atoms with Crippen molar-refractivity contribution in [1.29, 1.82) is 0 Å². The van der Waals surface area contributed by atoms with Crippen LogP contribution in [0.15, 0.2) is 24.3 Å². The second-order valence-electron chi connectivity index (χ2n) is 6.38. The third-order valence-corrected chi connectivity index (χ3v) is 4.27. The number of amides is 2. The van der Waals surface area contributed by atoms with Crippen LogP contribution in [0.4, 0.5) is 4.39 Å². The normalized spacial score (nSPS) is 16.6. The van der Waals surface area contributed by atoms with Gasteiger partial charge >= 0.3 is 0 Å². The zero-order chi connectivity index (χ0) is 16.3.